The van der Waals surface area contributed by atoms with Crippen LogP contribution in [0.1, 0.15) is 53.9 Å². The zero-order chi connectivity index (χ0) is 16.5. The van der Waals surface area contributed by atoms with Gasteiger partial charge < -0.3 is 19.5 Å². The van der Waals surface area contributed by atoms with E-state index in [-0.39, 0.29) is 17.9 Å². The second-order valence-electron chi connectivity index (χ2n) is 6.83. The number of aromatic nitrogens is 1. The van der Waals surface area contributed by atoms with Crippen molar-refractivity contribution >= 4 is 11.8 Å². The first-order valence-corrected chi connectivity index (χ1v) is 8.90. The number of amides is 2. The average Bonchev–Trinajstić information content (AvgIpc) is 3.20. The molecule has 2 aliphatic heterocycles. The summed E-state index contributed by atoms with van der Waals surface area (Å²) in [7, 11) is 0. The molecule has 4 rings (SSSR count). The van der Waals surface area contributed by atoms with Crippen molar-refractivity contribution in [3.63, 3.8) is 0 Å². The van der Waals surface area contributed by atoms with Gasteiger partial charge in [0.05, 0.1) is 0 Å². The molecule has 1 unspecified atom stereocenters. The predicted octanol–water partition coefficient (Wildman–Crippen LogP) is 1.06. The highest BCUT2D eigenvalue weighted by Gasteiger charge is 2.38. The van der Waals surface area contributed by atoms with E-state index in [4.69, 9.17) is 9.26 Å². The Morgan fingerprint density at radius 1 is 1.17 bits per heavy atom. The number of hydrogen-bond acceptors (Lipinski definition) is 5. The van der Waals surface area contributed by atoms with E-state index < -0.39 is 6.04 Å². The van der Waals surface area contributed by atoms with Gasteiger partial charge in [0.1, 0.15) is 11.8 Å². The van der Waals surface area contributed by atoms with Crippen molar-refractivity contribution in [2.75, 3.05) is 19.8 Å². The van der Waals surface area contributed by atoms with Crippen molar-refractivity contribution in [3.8, 4) is 0 Å². The van der Waals surface area contributed by atoms with E-state index in [1.165, 1.54) is 0 Å². The van der Waals surface area contributed by atoms with Crippen LogP contribution < -0.4 is 5.32 Å². The van der Waals surface area contributed by atoms with E-state index in [1.54, 1.807) is 0 Å². The minimum atomic E-state index is -0.448. The molecule has 7 nitrogen and oxygen atoms in total. The maximum Gasteiger partial charge on any atom is 0.274 e. The van der Waals surface area contributed by atoms with Crippen LogP contribution in [0.2, 0.25) is 0 Å². The molecule has 24 heavy (non-hydrogen) atoms. The van der Waals surface area contributed by atoms with Gasteiger partial charge in [-0.05, 0) is 38.5 Å². The third kappa shape index (κ3) is 2.81. The summed E-state index contributed by atoms with van der Waals surface area (Å²) in [5, 5.41) is 6.81. The van der Waals surface area contributed by atoms with Crippen molar-refractivity contribution in [1.82, 2.24) is 15.4 Å². The number of hydrogen-bond donors (Lipinski definition) is 1. The van der Waals surface area contributed by atoms with E-state index in [9.17, 15) is 9.59 Å². The Labute approximate surface area is 140 Å². The van der Waals surface area contributed by atoms with Crippen LogP contribution in [-0.4, -0.2) is 53.7 Å². The molecule has 1 aromatic rings. The third-order valence-electron chi connectivity index (χ3n) is 5.34. The van der Waals surface area contributed by atoms with Crippen molar-refractivity contribution < 1.29 is 18.8 Å². The largest absolute Gasteiger partial charge is 0.381 e. The monoisotopic (exact) mass is 333 g/mol. The fourth-order valence-corrected chi connectivity index (χ4v) is 3.99. The van der Waals surface area contributed by atoms with Gasteiger partial charge in [-0.1, -0.05) is 5.16 Å². The van der Waals surface area contributed by atoms with Crippen LogP contribution >= 0.6 is 0 Å². The maximum atomic E-state index is 12.6. The molecule has 1 aromatic heterocycles. The zero-order valence-electron chi connectivity index (χ0n) is 13.8. The highest BCUT2D eigenvalue weighted by molar-refractivity contribution is 5.97. The highest BCUT2D eigenvalue weighted by atomic mass is 16.5. The minimum absolute atomic E-state index is 0.0209. The van der Waals surface area contributed by atoms with Gasteiger partial charge in [-0.2, -0.15) is 0 Å². The Bertz CT molecular complexity index is 636. The lowest BCUT2D eigenvalue weighted by Crippen LogP contribution is -2.46. The van der Waals surface area contributed by atoms with Gasteiger partial charge in [-0.15, -0.1) is 0 Å². The van der Waals surface area contributed by atoms with Crippen molar-refractivity contribution in [3.05, 3.63) is 17.0 Å². The van der Waals surface area contributed by atoms with Crippen LogP contribution in [0.3, 0.4) is 0 Å². The number of nitrogens with zero attached hydrogens (tertiary/aromatic N) is 2. The molecule has 2 saturated heterocycles. The smallest absolute Gasteiger partial charge is 0.274 e. The number of aryl methyl sites for hydroxylation is 1. The first kappa shape index (κ1) is 15.6. The standard InChI is InChI=1S/C17H23N3O4/c21-16(15-12-3-1-2-4-14(12)24-19-15)18-13-5-8-20(17(13)22)11-6-9-23-10-7-11/h11,13H,1-10H2,(H,18,21). The summed E-state index contributed by atoms with van der Waals surface area (Å²) in [6.45, 7) is 2.11. The summed E-state index contributed by atoms with van der Waals surface area (Å²) in [4.78, 5) is 27.1. The lowest BCUT2D eigenvalue weighted by Gasteiger charge is -2.31. The molecule has 0 spiro atoms. The molecule has 0 saturated carbocycles. The van der Waals surface area contributed by atoms with E-state index in [0.29, 0.717) is 31.9 Å². The van der Waals surface area contributed by atoms with Gasteiger partial charge >= 0.3 is 0 Å². The van der Waals surface area contributed by atoms with E-state index >= 15 is 0 Å². The number of fused-ring (bicyclic) bond motifs is 1. The summed E-state index contributed by atoms with van der Waals surface area (Å²) in [5.41, 5.74) is 1.28. The van der Waals surface area contributed by atoms with Crippen LogP contribution in [0.5, 0.6) is 0 Å². The fraction of sp³-hybridized carbons (Fsp3) is 0.706. The van der Waals surface area contributed by atoms with Gasteiger partial charge in [-0.25, -0.2) is 0 Å². The number of ether oxygens (including phenoxy) is 1. The lowest BCUT2D eigenvalue weighted by atomic mass is 9.96. The van der Waals surface area contributed by atoms with Crippen LogP contribution in [0.25, 0.3) is 0 Å². The molecular weight excluding hydrogens is 310 g/mol. The Kier molecular flexibility index (Phi) is 4.26. The van der Waals surface area contributed by atoms with E-state index in [2.05, 4.69) is 10.5 Å². The van der Waals surface area contributed by atoms with Crippen molar-refractivity contribution in [2.24, 2.45) is 0 Å². The van der Waals surface area contributed by atoms with Crippen LogP contribution in [0, 0.1) is 0 Å². The van der Waals surface area contributed by atoms with Crippen LogP contribution in [-0.2, 0) is 22.4 Å². The molecule has 7 heteroatoms. The Morgan fingerprint density at radius 3 is 2.79 bits per heavy atom. The van der Waals surface area contributed by atoms with E-state index in [0.717, 1.165) is 49.8 Å². The first-order chi connectivity index (χ1) is 11.7. The molecule has 0 radical (unpaired) electrons. The quantitative estimate of drug-likeness (QED) is 0.894. The normalized spacial score (nSPS) is 24.9. The summed E-state index contributed by atoms with van der Waals surface area (Å²) in [5.74, 6) is 0.565. The predicted molar refractivity (Wildman–Crippen MR) is 84.6 cm³/mol. The number of nitrogens with one attached hydrogen (secondary N) is 1. The molecule has 1 N–H and O–H groups in total. The second kappa shape index (κ2) is 6.55. The molecule has 130 valence electrons. The Morgan fingerprint density at radius 2 is 1.96 bits per heavy atom. The molecule has 3 aliphatic rings. The molecule has 1 aliphatic carbocycles. The van der Waals surface area contributed by atoms with Gasteiger partial charge in [0, 0.05) is 37.8 Å². The first-order valence-electron chi connectivity index (χ1n) is 8.90. The number of likely N-dealkylation sites (tertiary alicyclic amines) is 1. The SMILES string of the molecule is O=C(NC1CCN(C2CCOCC2)C1=O)c1noc2c1CCCC2. The lowest BCUT2D eigenvalue weighted by molar-refractivity contribution is -0.132. The topological polar surface area (TPSA) is 84.7 Å². The molecule has 2 amide bonds. The highest BCUT2D eigenvalue weighted by Crippen LogP contribution is 2.25. The number of carbonyl (C=O) groups excluding carboxylic acids is 2. The van der Waals surface area contributed by atoms with Crippen LogP contribution in [0.15, 0.2) is 4.52 Å². The number of rotatable bonds is 3. The van der Waals surface area contributed by atoms with E-state index in [1.807, 2.05) is 4.90 Å². The third-order valence-corrected chi connectivity index (χ3v) is 5.34. The molecule has 2 fully saturated rings. The number of carbonyl (C=O) groups is 2. The summed E-state index contributed by atoms with van der Waals surface area (Å²) >= 11 is 0. The molecule has 3 heterocycles. The molecule has 0 bridgehead atoms. The Hall–Kier alpha value is -1.89. The van der Waals surface area contributed by atoms with Crippen LogP contribution in [0.4, 0.5) is 0 Å². The molecule has 1 atom stereocenters. The van der Waals surface area contributed by atoms with Gasteiger partial charge in [0.25, 0.3) is 5.91 Å². The summed E-state index contributed by atoms with van der Waals surface area (Å²) < 4.78 is 10.7. The molecular formula is C17H23N3O4. The second-order valence-corrected chi connectivity index (χ2v) is 6.83. The van der Waals surface area contributed by atoms with Gasteiger partial charge in [0.15, 0.2) is 5.69 Å². The summed E-state index contributed by atoms with van der Waals surface area (Å²) in [6.07, 6.45) is 6.21. The zero-order valence-corrected chi connectivity index (χ0v) is 13.8. The maximum absolute atomic E-state index is 12.6. The van der Waals surface area contributed by atoms with Crippen molar-refractivity contribution in [2.45, 2.75) is 57.0 Å². The Balaban J connectivity index is 1.41. The minimum Gasteiger partial charge on any atom is -0.381 e. The average molecular weight is 333 g/mol. The van der Waals surface area contributed by atoms with Gasteiger partial charge in [-0.3, -0.25) is 9.59 Å². The summed E-state index contributed by atoms with van der Waals surface area (Å²) in [6, 6.07) is -0.204. The van der Waals surface area contributed by atoms with Gasteiger partial charge in [0.2, 0.25) is 5.91 Å². The van der Waals surface area contributed by atoms with Crippen molar-refractivity contribution in [1.29, 1.82) is 0 Å². The molecule has 0 aromatic carbocycles. The fourth-order valence-electron chi connectivity index (χ4n) is 3.99.